The molecular weight excluding hydrogens is 358 g/mol. The zero-order chi connectivity index (χ0) is 18.1. The van der Waals surface area contributed by atoms with Crippen molar-refractivity contribution in [1.29, 1.82) is 0 Å². The first-order valence-corrected chi connectivity index (χ1v) is 9.37. The third-order valence-electron chi connectivity index (χ3n) is 3.28. The highest BCUT2D eigenvalue weighted by atomic mass is 35.5. The van der Waals surface area contributed by atoms with E-state index in [4.69, 9.17) is 11.6 Å². The molecule has 0 aliphatic heterocycles. The number of hydrogen-bond acceptors (Lipinski definition) is 4. The maximum Gasteiger partial charge on any atom is 0.251 e. The molecule has 2 aromatic rings. The van der Waals surface area contributed by atoms with Crippen LogP contribution in [0.3, 0.4) is 0 Å². The Bertz CT molecular complexity index is 723. The van der Waals surface area contributed by atoms with E-state index in [-0.39, 0.29) is 11.8 Å². The number of pyridine rings is 1. The number of aromatic nitrogens is 1. The van der Waals surface area contributed by atoms with Gasteiger partial charge in [0.2, 0.25) is 5.91 Å². The van der Waals surface area contributed by atoms with Crippen molar-refractivity contribution in [3.05, 3.63) is 53.2 Å². The van der Waals surface area contributed by atoms with Gasteiger partial charge in [-0.3, -0.25) is 9.59 Å². The molecule has 1 aromatic carbocycles. The number of rotatable bonds is 8. The molecule has 25 heavy (non-hydrogen) atoms. The Hall–Kier alpha value is -2.05. The Morgan fingerprint density at radius 2 is 1.96 bits per heavy atom. The molecule has 0 aliphatic rings. The van der Waals surface area contributed by atoms with Gasteiger partial charge in [0.25, 0.3) is 5.91 Å². The smallest absolute Gasteiger partial charge is 0.251 e. The maximum atomic E-state index is 12.1. The number of thioether (sulfide) groups is 1. The van der Waals surface area contributed by atoms with Gasteiger partial charge >= 0.3 is 0 Å². The van der Waals surface area contributed by atoms with Crippen LogP contribution in [0.2, 0.25) is 5.02 Å². The van der Waals surface area contributed by atoms with E-state index in [9.17, 15) is 9.59 Å². The lowest BCUT2D eigenvalue weighted by Gasteiger charge is -2.07. The summed E-state index contributed by atoms with van der Waals surface area (Å²) in [5.41, 5.74) is 1.28. The van der Waals surface area contributed by atoms with Gasteiger partial charge in [0.15, 0.2) is 0 Å². The highest BCUT2D eigenvalue weighted by molar-refractivity contribution is 7.99. The second-order valence-electron chi connectivity index (χ2n) is 5.23. The minimum atomic E-state index is -0.154. The molecular formula is C18H20ClN3O2S. The van der Waals surface area contributed by atoms with E-state index in [1.807, 2.05) is 6.92 Å². The number of hydrogen-bond donors (Lipinski definition) is 2. The van der Waals surface area contributed by atoms with Crippen LogP contribution in [-0.4, -0.2) is 29.1 Å². The Morgan fingerprint density at radius 3 is 2.68 bits per heavy atom. The number of nitrogens with one attached hydrogen (secondary N) is 2. The summed E-state index contributed by atoms with van der Waals surface area (Å²) in [6.07, 6.45) is 2.52. The summed E-state index contributed by atoms with van der Waals surface area (Å²) < 4.78 is 0. The van der Waals surface area contributed by atoms with Crippen molar-refractivity contribution in [1.82, 2.24) is 10.3 Å². The van der Waals surface area contributed by atoms with E-state index < -0.39 is 0 Å². The fourth-order valence-electron chi connectivity index (χ4n) is 2.09. The number of amides is 2. The first-order valence-electron chi connectivity index (χ1n) is 8.01. The van der Waals surface area contributed by atoms with Crippen molar-refractivity contribution in [3.63, 3.8) is 0 Å². The third kappa shape index (κ3) is 6.76. The van der Waals surface area contributed by atoms with E-state index in [0.717, 1.165) is 10.8 Å². The van der Waals surface area contributed by atoms with Crippen LogP contribution in [0.15, 0.2) is 47.6 Å². The highest BCUT2D eigenvalue weighted by Crippen LogP contribution is 2.15. The summed E-state index contributed by atoms with van der Waals surface area (Å²) in [5, 5.41) is 7.06. The Labute approximate surface area is 156 Å². The largest absolute Gasteiger partial charge is 0.352 e. The van der Waals surface area contributed by atoms with Crippen LogP contribution >= 0.6 is 23.4 Å². The lowest BCUT2D eigenvalue weighted by molar-refractivity contribution is -0.116. The van der Waals surface area contributed by atoms with E-state index in [2.05, 4.69) is 15.6 Å². The highest BCUT2D eigenvalue weighted by Gasteiger charge is 2.07. The Balaban J connectivity index is 1.71. The van der Waals surface area contributed by atoms with Crippen LogP contribution in [0.25, 0.3) is 0 Å². The number of carbonyl (C=O) groups excluding carboxylic acids is 2. The van der Waals surface area contributed by atoms with Crippen LogP contribution < -0.4 is 10.6 Å². The second-order valence-corrected chi connectivity index (χ2v) is 6.95. The predicted octanol–water partition coefficient (Wildman–Crippen LogP) is 4.00. The summed E-state index contributed by atoms with van der Waals surface area (Å²) >= 11 is 7.39. The Kier molecular flexibility index (Phi) is 7.76. The van der Waals surface area contributed by atoms with Gasteiger partial charge < -0.3 is 10.6 Å². The topological polar surface area (TPSA) is 71.1 Å². The van der Waals surface area contributed by atoms with Crippen LogP contribution in [0, 0.1) is 0 Å². The first kappa shape index (κ1) is 19.3. The van der Waals surface area contributed by atoms with Gasteiger partial charge in [-0.15, -0.1) is 11.8 Å². The molecule has 2 amide bonds. The molecule has 132 valence electrons. The fourth-order valence-corrected chi connectivity index (χ4v) is 2.85. The molecule has 0 atom stereocenters. The standard InChI is InChI=1S/C18H20ClN3O2S/c1-2-25-17-12-13(9-11-20-17)18(24)21-10-3-4-16(23)22-15-7-5-14(19)6-8-15/h5-9,11-12H,2-4,10H2,1H3,(H,21,24)(H,22,23). The van der Waals surface area contributed by atoms with E-state index in [0.29, 0.717) is 35.7 Å². The lowest BCUT2D eigenvalue weighted by atomic mass is 10.2. The van der Waals surface area contributed by atoms with Gasteiger partial charge in [0.1, 0.15) is 0 Å². The molecule has 2 N–H and O–H groups in total. The number of halogens is 1. The molecule has 0 saturated carbocycles. The van der Waals surface area contributed by atoms with Gasteiger partial charge in [-0.05, 0) is 48.6 Å². The van der Waals surface area contributed by atoms with Gasteiger partial charge in [-0.1, -0.05) is 18.5 Å². The quantitative estimate of drug-likeness (QED) is 0.539. The lowest BCUT2D eigenvalue weighted by Crippen LogP contribution is -2.25. The van der Waals surface area contributed by atoms with E-state index in [1.54, 1.807) is 54.4 Å². The molecule has 0 aliphatic carbocycles. The number of carbonyl (C=O) groups is 2. The zero-order valence-electron chi connectivity index (χ0n) is 13.9. The minimum Gasteiger partial charge on any atom is -0.352 e. The molecule has 0 spiro atoms. The molecule has 5 nitrogen and oxygen atoms in total. The molecule has 7 heteroatoms. The van der Waals surface area contributed by atoms with Gasteiger partial charge in [-0.25, -0.2) is 4.98 Å². The Morgan fingerprint density at radius 1 is 1.20 bits per heavy atom. The molecule has 0 saturated heterocycles. The van der Waals surface area contributed by atoms with Crippen molar-refractivity contribution in [2.75, 3.05) is 17.6 Å². The molecule has 0 bridgehead atoms. The second kappa shape index (κ2) is 10.1. The summed E-state index contributed by atoms with van der Waals surface area (Å²) in [6.45, 7) is 2.47. The average molecular weight is 378 g/mol. The molecule has 0 unspecified atom stereocenters. The van der Waals surface area contributed by atoms with Crippen molar-refractivity contribution in [3.8, 4) is 0 Å². The average Bonchev–Trinajstić information content (AvgIpc) is 2.61. The van der Waals surface area contributed by atoms with Crippen molar-refractivity contribution in [2.45, 2.75) is 24.8 Å². The van der Waals surface area contributed by atoms with Crippen molar-refractivity contribution >= 4 is 40.9 Å². The van der Waals surface area contributed by atoms with Crippen molar-refractivity contribution in [2.24, 2.45) is 0 Å². The molecule has 2 rings (SSSR count). The van der Waals surface area contributed by atoms with E-state index in [1.165, 1.54) is 0 Å². The summed E-state index contributed by atoms with van der Waals surface area (Å²) in [6, 6.07) is 10.4. The number of benzene rings is 1. The van der Waals surface area contributed by atoms with Gasteiger partial charge in [0.05, 0.1) is 5.03 Å². The van der Waals surface area contributed by atoms with Crippen LogP contribution in [0.1, 0.15) is 30.1 Å². The van der Waals surface area contributed by atoms with Crippen LogP contribution in [0.5, 0.6) is 0 Å². The maximum absolute atomic E-state index is 12.1. The molecule has 0 radical (unpaired) electrons. The van der Waals surface area contributed by atoms with Crippen LogP contribution in [0.4, 0.5) is 5.69 Å². The summed E-state index contributed by atoms with van der Waals surface area (Å²) in [4.78, 5) is 28.2. The van der Waals surface area contributed by atoms with Crippen molar-refractivity contribution < 1.29 is 9.59 Å². The number of anilines is 1. The predicted molar refractivity (Wildman–Crippen MR) is 102 cm³/mol. The van der Waals surface area contributed by atoms with Gasteiger partial charge in [-0.2, -0.15) is 0 Å². The number of nitrogens with zero attached hydrogens (tertiary/aromatic N) is 1. The molecule has 1 aromatic heterocycles. The monoisotopic (exact) mass is 377 g/mol. The fraction of sp³-hybridized carbons (Fsp3) is 0.278. The van der Waals surface area contributed by atoms with Crippen LogP contribution in [-0.2, 0) is 4.79 Å². The third-order valence-corrected chi connectivity index (χ3v) is 4.34. The normalized spacial score (nSPS) is 10.3. The van der Waals surface area contributed by atoms with Gasteiger partial charge in [0, 0.05) is 35.4 Å². The van der Waals surface area contributed by atoms with E-state index >= 15 is 0 Å². The molecule has 0 fully saturated rings. The summed E-state index contributed by atoms with van der Waals surface area (Å²) in [5.74, 6) is 0.654. The first-order chi connectivity index (χ1) is 12.1. The minimum absolute atomic E-state index is 0.0953. The zero-order valence-corrected chi connectivity index (χ0v) is 15.5. The summed E-state index contributed by atoms with van der Waals surface area (Å²) in [7, 11) is 0. The SMILES string of the molecule is CCSc1cc(C(=O)NCCCC(=O)Nc2ccc(Cl)cc2)ccn1. The molecule has 1 heterocycles.